The molecule has 27 heavy (non-hydrogen) atoms. The molecule has 1 saturated heterocycles. The van der Waals surface area contributed by atoms with Crippen LogP contribution in [0.15, 0.2) is 53.3 Å². The molecule has 2 heterocycles. The monoisotopic (exact) mass is 430 g/mol. The first kappa shape index (κ1) is 20.0. The number of nitrogens with one attached hydrogen (secondary N) is 3. The summed E-state index contributed by atoms with van der Waals surface area (Å²) in [5.74, 6) is 0.739. The number of hydrogen-bond donors (Lipinski definition) is 3. The molecule has 0 aliphatic carbocycles. The molecule has 1 fully saturated rings. The van der Waals surface area contributed by atoms with E-state index in [-0.39, 0.29) is 11.9 Å². The van der Waals surface area contributed by atoms with Gasteiger partial charge >= 0.3 is 0 Å². The standard InChI is InChI=1S/C21H27BrN4O/c22-19-3-1-18(2-4-19)20(25-14-9-16-5-10-23-11-6-16)21(27)26-15-17-7-12-24-13-8-17/h1-4,7-8,12-13,16,20,23,25H,5-6,9-11,14-15H2,(H,26,27). The van der Waals surface area contributed by atoms with Crippen molar-refractivity contribution in [1.29, 1.82) is 0 Å². The molecule has 0 radical (unpaired) electrons. The van der Waals surface area contributed by atoms with Crippen molar-refractivity contribution in [2.45, 2.75) is 31.8 Å². The first-order valence-corrected chi connectivity index (χ1v) is 10.4. The van der Waals surface area contributed by atoms with Gasteiger partial charge in [-0.2, -0.15) is 0 Å². The quantitative estimate of drug-likeness (QED) is 0.601. The van der Waals surface area contributed by atoms with Crippen molar-refractivity contribution in [2.75, 3.05) is 19.6 Å². The highest BCUT2D eigenvalue weighted by Gasteiger charge is 2.21. The summed E-state index contributed by atoms with van der Waals surface area (Å²) in [4.78, 5) is 16.9. The van der Waals surface area contributed by atoms with Gasteiger partial charge in [-0.3, -0.25) is 9.78 Å². The normalized spacial score (nSPS) is 16.0. The maximum atomic E-state index is 12.9. The lowest BCUT2D eigenvalue weighted by atomic mass is 9.94. The van der Waals surface area contributed by atoms with E-state index in [1.165, 1.54) is 12.8 Å². The SMILES string of the molecule is O=C(NCc1ccncc1)C(NCCC1CCNCC1)c1ccc(Br)cc1. The molecular weight excluding hydrogens is 404 g/mol. The smallest absolute Gasteiger partial charge is 0.242 e. The van der Waals surface area contributed by atoms with Gasteiger partial charge in [-0.25, -0.2) is 0 Å². The number of nitrogens with zero attached hydrogens (tertiary/aromatic N) is 1. The largest absolute Gasteiger partial charge is 0.350 e. The highest BCUT2D eigenvalue weighted by atomic mass is 79.9. The number of carbonyl (C=O) groups is 1. The molecule has 1 amide bonds. The molecule has 1 aliphatic heterocycles. The Hall–Kier alpha value is -1.76. The van der Waals surface area contributed by atoms with Gasteiger partial charge in [0.2, 0.25) is 5.91 Å². The average molecular weight is 431 g/mol. The fraction of sp³-hybridized carbons (Fsp3) is 0.429. The fourth-order valence-corrected chi connectivity index (χ4v) is 3.68. The van der Waals surface area contributed by atoms with E-state index in [0.29, 0.717) is 6.54 Å². The molecule has 5 nitrogen and oxygen atoms in total. The van der Waals surface area contributed by atoms with E-state index in [1.54, 1.807) is 12.4 Å². The Morgan fingerprint density at radius 1 is 1.15 bits per heavy atom. The van der Waals surface area contributed by atoms with Gasteiger partial charge in [0.25, 0.3) is 0 Å². The molecule has 3 N–H and O–H groups in total. The molecular formula is C21H27BrN4O. The third kappa shape index (κ3) is 6.41. The van der Waals surface area contributed by atoms with Crippen LogP contribution >= 0.6 is 15.9 Å². The molecule has 2 aromatic rings. The minimum Gasteiger partial charge on any atom is -0.350 e. The Morgan fingerprint density at radius 3 is 2.56 bits per heavy atom. The number of carbonyl (C=O) groups excluding carboxylic acids is 1. The van der Waals surface area contributed by atoms with Gasteiger partial charge in [-0.1, -0.05) is 28.1 Å². The van der Waals surface area contributed by atoms with Crippen LogP contribution in [-0.2, 0) is 11.3 Å². The van der Waals surface area contributed by atoms with Crippen LogP contribution in [0, 0.1) is 5.92 Å². The van der Waals surface area contributed by atoms with Crippen LogP contribution in [-0.4, -0.2) is 30.5 Å². The van der Waals surface area contributed by atoms with Gasteiger partial charge in [0.1, 0.15) is 6.04 Å². The maximum Gasteiger partial charge on any atom is 0.242 e. The summed E-state index contributed by atoms with van der Waals surface area (Å²) >= 11 is 3.46. The minimum absolute atomic E-state index is 0.000513. The lowest BCUT2D eigenvalue weighted by Crippen LogP contribution is -2.38. The number of rotatable bonds is 8. The Kier molecular flexibility index (Phi) is 7.80. The van der Waals surface area contributed by atoms with Crippen molar-refractivity contribution in [2.24, 2.45) is 5.92 Å². The number of amides is 1. The van der Waals surface area contributed by atoms with Crippen LogP contribution in [0.1, 0.15) is 36.4 Å². The average Bonchev–Trinajstić information content (AvgIpc) is 2.72. The van der Waals surface area contributed by atoms with Gasteiger partial charge in [0.05, 0.1) is 0 Å². The summed E-state index contributed by atoms with van der Waals surface area (Å²) in [6.07, 6.45) is 7.03. The Labute approximate surface area is 169 Å². The van der Waals surface area contributed by atoms with Gasteiger partial charge in [0, 0.05) is 23.4 Å². The zero-order chi connectivity index (χ0) is 18.9. The second kappa shape index (κ2) is 10.5. The van der Waals surface area contributed by atoms with Crippen LogP contribution in [0.5, 0.6) is 0 Å². The summed E-state index contributed by atoms with van der Waals surface area (Å²) < 4.78 is 1.01. The molecule has 3 rings (SSSR count). The molecule has 0 spiro atoms. The number of benzene rings is 1. The number of aromatic nitrogens is 1. The Balaban J connectivity index is 1.59. The van der Waals surface area contributed by atoms with Crippen molar-refractivity contribution in [3.63, 3.8) is 0 Å². The van der Waals surface area contributed by atoms with Gasteiger partial charge in [-0.05, 0) is 80.2 Å². The van der Waals surface area contributed by atoms with E-state index in [2.05, 4.69) is 36.9 Å². The van der Waals surface area contributed by atoms with Gasteiger partial charge in [0.15, 0.2) is 0 Å². The molecule has 1 aromatic heterocycles. The third-order valence-electron chi connectivity index (χ3n) is 5.04. The van der Waals surface area contributed by atoms with Crippen molar-refractivity contribution in [3.8, 4) is 0 Å². The minimum atomic E-state index is -0.346. The fourth-order valence-electron chi connectivity index (χ4n) is 3.41. The lowest BCUT2D eigenvalue weighted by Gasteiger charge is -2.24. The second-order valence-electron chi connectivity index (χ2n) is 6.99. The molecule has 1 aromatic carbocycles. The maximum absolute atomic E-state index is 12.9. The first-order chi connectivity index (χ1) is 13.2. The Bertz CT molecular complexity index is 702. The van der Waals surface area contributed by atoms with E-state index < -0.39 is 0 Å². The molecule has 1 unspecified atom stereocenters. The van der Waals surface area contributed by atoms with Gasteiger partial charge in [-0.15, -0.1) is 0 Å². The number of piperidine rings is 1. The van der Waals surface area contributed by atoms with Crippen LogP contribution in [0.2, 0.25) is 0 Å². The van der Waals surface area contributed by atoms with Crippen molar-refractivity contribution < 1.29 is 4.79 Å². The first-order valence-electron chi connectivity index (χ1n) is 9.58. The number of pyridine rings is 1. The topological polar surface area (TPSA) is 66.0 Å². The summed E-state index contributed by atoms with van der Waals surface area (Å²) in [6.45, 7) is 3.55. The van der Waals surface area contributed by atoms with Crippen molar-refractivity contribution in [1.82, 2.24) is 20.9 Å². The zero-order valence-electron chi connectivity index (χ0n) is 15.5. The number of hydrogen-bond acceptors (Lipinski definition) is 4. The van der Waals surface area contributed by atoms with Crippen LogP contribution < -0.4 is 16.0 Å². The zero-order valence-corrected chi connectivity index (χ0v) is 17.0. The number of halogens is 1. The van der Waals surface area contributed by atoms with Gasteiger partial charge < -0.3 is 16.0 Å². The van der Waals surface area contributed by atoms with E-state index >= 15 is 0 Å². The summed E-state index contributed by atoms with van der Waals surface area (Å²) in [6, 6.07) is 11.4. The van der Waals surface area contributed by atoms with Crippen LogP contribution in [0.25, 0.3) is 0 Å². The molecule has 144 valence electrons. The third-order valence-corrected chi connectivity index (χ3v) is 5.57. The van der Waals surface area contributed by atoms with E-state index in [4.69, 9.17) is 0 Å². The highest BCUT2D eigenvalue weighted by Crippen LogP contribution is 2.19. The Morgan fingerprint density at radius 2 is 1.85 bits per heavy atom. The van der Waals surface area contributed by atoms with E-state index in [9.17, 15) is 4.79 Å². The molecule has 0 bridgehead atoms. The second-order valence-corrected chi connectivity index (χ2v) is 7.91. The molecule has 1 atom stereocenters. The summed E-state index contributed by atoms with van der Waals surface area (Å²) in [7, 11) is 0. The summed E-state index contributed by atoms with van der Waals surface area (Å²) in [5.41, 5.74) is 2.03. The van der Waals surface area contributed by atoms with Crippen molar-refractivity contribution in [3.05, 3.63) is 64.4 Å². The highest BCUT2D eigenvalue weighted by molar-refractivity contribution is 9.10. The summed E-state index contributed by atoms with van der Waals surface area (Å²) in [5, 5.41) is 9.93. The van der Waals surface area contributed by atoms with Crippen LogP contribution in [0.4, 0.5) is 0 Å². The molecule has 0 saturated carbocycles. The lowest BCUT2D eigenvalue weighted by molar-refractivity contribution is -0.123. The molecule has 6 heteroatoms. The van der Waals surface area contributed by atoms with E-state index in [0.717, 1.165) is 47.6 Å². The van der Waals surface area contributed by atoms with Crippen molar-refractivity contribution >= 4 is 21.8 Å². The molecule has 1 aliphatic rings. The van der Waals surface area contributed by atoms with E-state index in [1.807, 2.05) is 36.4 Å². The predicted octanol–water partition coefficient (Wildman–Crippen LogP) is 3.18. The van der Waals surface area contributed by atoms with Crippen LogP contribution in [0.3, 0.4) is 0 Å². The predicted molar refractivity (Wildman–Crippen MR) is 111 cm³/mol.